The van der Waals surface area contributed by atoms with Crippen LogP contribution in [0.3, 0.4) is 0 Å². The number of rotatable bonds is 7. The van der Waals surface area contributed by atoms with Gasteiger partial charge < -0.3 is 10.2 Å². The van der Waals surface area contributed by atoms with E-state index in [4.69, 9.17) is 0 Å². The molecule has 2 aromatic rings. The molecule has 6 nitrogen and oxygen atoms in total. The first-order chi connectivity index (χ1) is 12.5. The largest absolute Gasteiger partial charge is 0.371 e. The molecule has 3 rings (SSSR count). The molecule has 1 aromatic heterocycles. The minimum atomic E-state index is -3.59. The minimum Gasteiger partial charge on any atom is -0.371 e. The zero-order valence-electron chi connectivity index (χ0n) is 14.7. The number of amides is 1. The second kappa shape index (κ2) is 8.20. The Kier molecular flexibility index (Phi) is 5.95. The van der Waals surface area contributed by atoms with E-state index in [1.807, 2.05) is 18.2 Å². The first kappa shape index (κ1) is 18.9. The molecule has 1 aromatic carbocycles. The lowest BCUT2D eigenvalue weighted by Gasteiger charge is -2.19. The van der Waals surface area contributed by atoms with E-state index < -0.39 is 10.0 Å². The highest BCUT2D eigenvalue weighted by molar-refractivity contribution is 7.91. The highest BCUT2D eigenvalue weighted by atomic mass is 32.2. The van der Waals surface area contributed by atoms with Gasteiger partial charge in [0.2, 0.25) is 5.91 Å². The summed E-state index contributed by atoms with van der Waals surface area (Å²) in [6, 6.07) is 13.5. The first-order valence-corrected chi connectivity index (χ1v) is 10.9. The standard InChI is InChI=1S/C18H23N3O3S2/c1-20(26(23,24)18-8-5-11-25-18)14-17(22)19-12-15-9-10-21(13-15)16-6-3-2-4-7-16/h2-8,11,15H,9-10,12-14H2,1H3,(H,19,22). The highest BCUT2D eigenvalue weighted by Crippen LogP contribution is 2.23. The van der Waals surface area contributed by atoms with Crippen molar-refractivity contribution in [3.8, 4) is 0 Å². The number of likely N-dealkylation sites (N-methyl/N-ethyl adjacent to an activating group) is 1. The molecule has 0 saturated carbocycles. The van der Waals surface area contributed by atoms with Gasteiger partial charge in [0.05, 0.1) is 6.54 Å². The molecule has 26 heavy (non-hydrogen) atoms. The van der Waals surface area contributed by atoms with Crippen LogP contribution in [0.1, 0.15) is 6.42 Å². The van der Waals surface area contributed by atoms with Crippen LogP contribution in [-0.4, -0.2) is 51.9 Å². The molecule has 8 heteroatoms. The molecule has 140 valence electrons. The Morgan fingerprint density at radius 3 is 2.73 bits per heavy atom. The van der Waals surface area contributed by atoms with Crippen molar-refractivity contribution in [3.63, 3.8) is 0 Å². The van der Waals surface area contributed by atoms with Gasteiger partial charge in [0.25, 0.3) is 10.0 Å². The molecule has 0 radical (unpaired) electrons. The molecular weight excluding hydrogens is 370 g/mol. The average molecular weight is 394 g/mol. The van der Waals surface area contributed by atoms with Gasteiger partial charge in [-0.25, -0.2) is 8.42 Å². The molecule has 1 amide bonds. The molecule has 1 saturated heterocycles. The van der Waals surface area contributed by atoms with Crippen LogP contribution in [0.4, 0.5) is 5.69 Å². The van der Waals surface area contributed by atoms with Crippen molar-refractivity contribution in [2.24, 2.45) is 5.92 Å². The number of carbonyl (C=O) groups is 1. The van der Waals surface area contributed by atoms with E-state index >= 15 is 0 Å². The lowest BCUT2D eigenvalue weighted by atomic mass is 10.1. The predicted octanol–water partition coefficient (Wildman–Crippen LogP) is 2.01. The number of sulfonamides is 1. The van der Waals surface area contributed by atoms with Crippen molar-refractivity contribution < 1.29 is 13.2 Å². The molecule has 1 aliphatic rings. The molecule has 1 atom stereocenters. The second-order valence-corrected chi connectivity index (χ2v) is 9.65. The van der Waals surface area contributed by atoms with Gasteiger partial charge in [-0.2, -0.15) is 4.31 Å². The normalized spacial score (nSPS) is 17.6. The van der Waals surface area contributed by atoms with Gasteiger partial charge in [-0.15, -0.1) is 11.3 Å². The molecule has 0 bridgehead atoms. The lowest BCUT2D eigenvalue weighted by molar-refractivity contribution is -0.121. The fourth-order valence-corrected chi connectivity index (χ4v) is 5.37. The lowest BCUT2D eigenvalue weighted by Crippen LogP contribution is -2.40. The Morgan fingerprint density at radius 2 is 2.04 bits per heavy atom. The monoisotopic (exact) mass is 393 g/mol. The van der Waals surface area contributed by atoms with Gasteiger partial charge >= 0.3 is 0 Å². The van der Waals surface area contributed by atoms with E-state index in [1.165, 1.54) is 12.7 Å². The van der Waals surface area contributed by atoms with Crippen LogP contribution in [-0.2, 0) is 14.8 Å². The quantitative estimate of drug-likeness (QED) is 0.781. The van der Waals surface area contributed by atoms with Crippen LogP contribution in [0, 0.1) is 5.92 Å². The van der Waals surface area contributed by atoms with E-state index in [9.17, 15) is 13.2 Å². The van der Waals surface area contributed by atoms with Gasteiger partial charge in [0, 0.05) is 32.4 Å². The van der Waals surface area contributed by atoms with Crippen LogP contribution in [0.15, 0.2) is 52.1 Å². The number of anilines is 1. The topological polar surface area (TPSA) is 69.7 Å². The first-order valence-electron chi connectivity index (χ1n) is 8.53. The van der Waals surface area contributed by atoms with Crippen LogP contribution >= 0.6 is 11.3 Å². The van der Waals surface area contributed by atoms with Crippen LogP contribution in [0.25, 0.3) is 0 Å². The smallest absolute Gasteiger partial charge is 0.252 e. The molecule has 0 spiro atoms. The summed E-state index contributed by atoms with van der Waals surface area (Å²) in [6.07, 6.45) is 1.01. The second-order valence-electron chi connectivity index (χ2n) is 6.43. The van der Waals surface area contributed by atoms with Gasteiger partial charge in [0.1, 0.15) is 4.21 Å². The maximum Gasteiger partial charge on any atom is 0.252 e. The Hall–Kier alpha value is -1.90. The molecule has 1 unspecified atom stereocenters. The number of nitrogens with one attached hydrogen (secondary N) is 1. The fourth-order valence-electron chi connectivity index (χ4n) is 3.04. The summed E-state index contributed by atoms with van der Waals surface area (Å²) in [5.41, 5.74) is 1.20. The van der Waals surface area contributed by atoms with Gasteiger partial charge in [-0.3, -0.25) is 4.79 Å². The van der Waals surface area contributed by atoms with E-state index in [0.717, 1.165) is 35.2 Å². The summed E-state index contributed by atoms with van der Waals surface area (Å²) in [6.45, 7) is 2.26. The van der Waals surface area contributed by atoms with Crippen molar-refractivity contribution in [3.05, 3.63) is 47.8 Å². The molecule has 1 aliphatic heterocycles. The van der Waals surface area contributed by atoms with Crippen molar-refractivity contribution in [1.82, 2.24) is 9.62 Å². The highest BCUT2D eigenvalue weighted by Gasteiger charge is 2.26. The van der Waals surface area contributed by atoms with Crippen molar-refractivity contribution >= 4 is 33.0 Å². The number of carbonyl (C=O) groups excluding carboxylic acids is 1. The van der Waals surface area contributed by atoms with Crippen molar-refractivity contribution in [2.45, 2.75) is 10.6 Å². The number of thiophene rings is 1. The number of hydrogen-bond acceptors (Lipinski definition) is 5. The van der Waals surface area contributed by atoms with Crippen molar-refractivity contribution in [1.29, 1.82) is 0 Å². The summed E-state index contributed by atoms with van der Waals surface area (Å²) in [7, 11) is -2.16. The third-order valence-corrected chi connectivity index (χ3v) is 7.70. The summed E-state index contributed by atoms with van der Waals surface area (Å²) in [5, 5.41) is 4.58. The van der Waals surface area contributed by atoms with E-state index in [0.29, 0.717) is 12.5 Å². The summed E-state index contributed by atoms with van der Waals surface area (Å²) >= 11 is 1.15. The Labute approximate surface area is 158 Å². The minimum absolute atomic E-state index is 0.171. The number of hydrogen-bond donors (Lipinski definition) is 1. The number of benzene rings is 1. The van der Waals surface area contributed by atoms with Crippen molar-refractivity contribution in [2.75, 3.05) is 38.1 Å². The molecule has 1 N–H and O–H groups in total. The Bertz CT molecular complexity index is 823. The van der Waals surface area contributed by atoms with E-state index in [1.54, 1.807) is 17.5 Å². The fraction of sp³-hybridized carbons (Fsp3) is 0.389. The van der Waals surface area contributed by atoms with Gasteiger partial charge in [0.15, 0.2) is 0 Å². The number of para-hydroxylation sites is 1. The summed E-state index contributed by atoms with van der Waals surface area (Å²) < 4.78 is 26.0. The summed E-state index contributed by atoms with van der Waals surface area (Å²) in [4.78, 5) is 14.5. The molecular formula is C18H23N3O3S2. The zero-order chi connectivity index (χ0) is 18.6. The van der Waals surface area contributed by atoms with Crippen LogP contribution in [0.2, 0.25) is 0 Å². The molecule has 2 heterocycles. The average Bonchev–Trinajstić information content (AvgIpc) is 3.33. The van der Waals surface area contributed by atoms with Gasteiger partial charge in [-0.1, -0.05) is 24.3 Å². The predicted molar refractivity (Wildman–Crippen MR) is 104 cm³/mol. The maximum atomic E-state index is 12.3. The summed E-state index contributed by atoms with van der Waals surface area (Å²) in [5.74, 6) is 0.101. The van der Waals surface area contributed by atoms with Crippen LogP contribution < -0.4 is 10.2 Å². The third-order valence-electron chi connectivity index (χ3n) is 4.52. The third kappa shape index (κ3) is 4.44. The molecule has 1 fully saturated rings. The van der Waals surface area contributed by atoms with E-state index in [2.05, 4.69) is 22.3 Å². The van der Waals surface area contributed by atoms with Gasteiger partial charge in [-0.05, 0) is 35.9 Å². The Balaban J connectivity index is 1.46. The van der Waals surface area contributed by atoms with E-state index in [-0.39, 0.29) is 16.7 Å². The zero-order valence-corrected chi connectivity index (χ0v) is 16.3. The molecule has 0 aliphatic carbocycles. The Morgan fingerprint density at radius 1 is 1.27 bits per heavy atom. The maximum absolute atomic E-state index is 12.3. The number of nitrogens with zero attached hydrogens (tertiary/aromatic N) is 2. The SMILES string of the molecule is CN(CC(=O)NCC1CCN(c2ccccc2)C1)S(=O)(=O)c1cccs1. The van der Waals surface area contributed by atoms with Crippen LogP contribution in [0.5, 0.6) is 0 Å².